The lowest BCUT2D eigenvalue weighted by atomic mass is 10.1. The molecule has 0 saturated carbocycles. The van der Waals surface area contributed by atoms with Crippen LogP contribution in [-0.4, -0.2) is 58.3 Å². The number of aromatic nitrogens is 3. The summed E-state index contributed by atoms with van der Waals surface area (Å²) in [5.74, 6) is 1.62. The normalized spacial score (nSPS) is 19.6. The molecule has 3 aromatic rings. The van der Waals surface area contributed by atoms with Gasteiger partial charge in [0.05, 0.1) is 7.11 Å². The van der Waals surface area contributed by atoms with Crippen LogP contribution in [0.4, 0.5) is 10.7 Å². The van der Waals surface area contributed by atoms with Crippen molar-refractivity contribution in [1.82, 2.24) is 25.0 Å². The number of anilines is 1. The molecule has 3 heterocycles. The van der Waals surface area contributed by atoms with Gasteiger partial charge in [0.2, 0.25) is 5.95 Å². The predicted octanol–water partition coefficient (Wildman–Crippen LogP) is 2.46. The summed E-state index contributed by atoms with van der Waals surface area (Å²) in [6.07, 6.45) is 1.20. The summed E-state index contributed by atoms with van der Waals surface area (Å²) in [4.78, 5) is 28.8. The number of hydrogen-bond donors (Lipinski definition) is 1. The highest BCUT2D eigenvalue weighted by atomic mass is 16.5. The van der Waals surface area contributed by atoms with Crippen LogP contribution in [0.15, 0.2) is 54.6 Å². The second kappa shape index (κ2) is 7.99. The van der Waals surface area contributed by atoms with Crippen molar-refractivity contribution >= 4 is 17.9 Å². The largest absolute Gasteiger partial charge is 0.497 e. The number of benzene rings is 2. The van der Waals surface area contributed by atoms with Crippen molar-refractivity contribution in [3.8, 4) is 17.1 Å². The zero-order chi connectivity index (χ0) is 22.2. The highest BCUT2D eigenvalue weighted by Crippen LogP contribution is 2.41. The Balaban J connectivity index is 1.49. The number of carbonyl (C=O) groups is 2. The number of amides is 3. The maximum absolute atomic E-state index is 12.9. The Morgan fingerprint density at radius 3 is 2.50 bits per heavy atom. The van der Waals surface area contributed by atoms with Crippen molar-refractivity contribution < 1.29 is 14.3 Å². The molecule has 9 heteroatoms. The van der Waals surface area contributed by atoms with Gasteiger partial charge in [0.1, 0.15) is 11.9 Å². The molecule has 2 aliphatic heterocycles. The molecule has 5 rings (SSSR count). The van der Waals surface area contributed by atoms with Crippen LogP contribution in [0.1, 0.15) is 18.2 Å². The molecule has 1 fully saturated rings. The van der Waals surface area contributed by atoms with E-state index in [4.69, 9.17) is 4.74 Å². The van der Waals surface area contributed by atoms with Gasteiger partial charge in [-0.2, -0.15) is 0 Å². The molecule has 3 amide bonds. The number of fused-ring (bicyclic) bond motifs is 3. The van der Waals surface area contributed by atoms with E-state index in [0.29, 0.717) is 18.3 Å². The standard InChI is InChI=1S/C23H24N6O3/c1-27-21-18(20(30)24-23(27)31)28(14-6-9-15-7-4-3-5-8-15)22-26-25-19(29(21)22)16-10-12-17(32-2)13-11-16/h3-5,7-8,10-13,18,21H,6,9,14H2,1-2H3,(H,24,30,31). The number of carbonyl (C=O) groups excluding carboxylic acids is 2. The maximum Gasteiger partial charge on any atom is 0.325 e. The van der Waals surface area contributed by atoms with Gasteiger partial charge >= 0.3 is 6.03 Å². The van der Waals surface area contributed by atoms with E-state index in [2.05, 4.69) is 27.6 Å². The van der Waals surface area contributed by atoms with E-state index >= 15 is 0 Å². The Labute approximate surface area is 185 Å². The van der Waals surface area contributed by atoms with Crippen molar-refractivity contribution in [3.63, 3.8) is 0 Å². The van der Waals surface area contributed by atoms with Gasteiger partial charge in [0.15, 0.2) is 11.9 Å². The molecule has 2 aliphatic rings. The van der Waals surface area contributed by atoms with Gasteiger partial charge < -0.3 is 14.5 Å². The third-order valence-electron chi connectivity index (χ3n) is 6.09. The topological polar surface area (TPSA) is 92.6 Å². The first-order valence-electron chi connectivity index (χ1n) is 10.6. The zero-order valence-corrected chi connectivity index (χ0v) is 17.9. The van der Waals surface area contributed by atoms with Crippen LogP contribution in [0.2, 0.25) is 0 Å². The van der Waals surface area contributed by atoms with Gasteiger partial charge in [-0.1, -0.05) is 30.3 Å². The first kappa shape index (κ1) is 20.0. The summed E-state index contributed by atoms with van der Waals surface area (Å²) in [5, 5.41) is 11.3. The first-order valence-corrected chi connectivity index (χ1v) is 10.6. The number of ether oxygens (including phenoxy) is 1. The number of methoxy groups -OCH3 is 1. The average molecular weight is 432 g/mol. The lowest BCUT2D eigenvalue weighted by Gasteiger charge is -2.37. The maximum atomic E-state index is 12.9. The summed E-state index contributed by atoms with van der Waals surface area (Å²) in [7, 11) is 3.30. The number of likely N-dealkylation sites (N-methyl/N-ethyl adjacent to an activating group) is 1. The fraction of sp³-hybridized carbons (Fsp3) is 0.304. The molecule has 0 radical (unpaired) electrons. The summed E-state index contributed by atoms with van der Waals surface area (Å²) in [5.41, 5.74) is 2.07. The summed E-state index contributed by atoms with van der Waals surface area (Å²) in [6, 6.07) is 16.7. The molecular weight excluding hydrogens is 408 g/mol. The second-order valence-corrected chi connectivity index (χ2v) is 7.97. The molecule has 1 N–H and O–H groups in total. The summed E-state index contributed by atoms with van der Waals surface area (Å²) < 4.78 is 7.15. The highest BCUT2D eigenvalue weighted by molar-refractivity contribution is 6.02. The van der Waals surface area contributed by atoms with E-state index in [1.165, 1.54) is 5.56 Å². The monoisotopic (exact) mass is 432 g/mol. The van der Waals surface area contributed by atoms with Crippen LogP contribution in [0.3, 0.4) is 0 Å². The number of hydrogen-bond acceptors (Lipinski definition) is 6. The third kappa shape index (κ3) is 3.26. The minimum atomic E-state index is -0.559. The van der Waals surface area contributed by atoms with E-state index in [1.807, 2.05) is 51.9 Å². The molecule has 0 aliphatic carbocycles. The van der Waals surface area contributed by atoms with Crippen molar-refractivity contribution in [1.29, 1.82) is 0 Å². The lowest BCUT2D eigenvalue weighted by Crippen LogP contribution is -2.61. The number of aryl methyl sites for hydroxylation is 1. The average Bonchev–Trinajstić information content (AvgIpc) is 3.37. The van der Waals surface area contributed by atoms with Gasteiger partial charge in [-0.25, -0.2) is 4.79 Å². The van der Waals surface area contributed by atoms with Crippen LogP contribution in [0, 0.1) is 0 Å². The highest BCUT2D eigenvalue weighted by Gasteiger charge is 2.52. The smallest absolute Gasteiger partial charge is 0.325 e. The van der Waals surface area contributed by atoms with Crippen LogP contribution in [0.25, 0.3) is 11.4 Å². The zero-order valence-electron chi connectivity index (χ0n) is 17.9. The van der Waals surface area contributed by atoms with Gasteiger partial charge in [0, 0.05) is 19.2 Å². The molecule has 2 unspecified atom stereocenters. The van der Waals surface area contributed by atoms with Crippen molar-refractivity contribution in [2.24, 2.45) is 0 Å². The summed E-state index contributed by atoms with van der Waals surface area (Å²) in [6.45, 7) is 0.617. The van der Waals surface area contributed by atoms with Crippen LogP contribution < -0.4 is 15.0 Å². The molecule has 32 heavy (non-hydrogen) atoms. The second-order valence-electron chi connectivity index (χ2n) is 7.97. The number of nitrogens with zero attached hydrogens (tertiary/aromatic N) is 5. The van der Waals surface area contributed by atoms with Gasteiger partial charge in [0.25, 0.3) is 5.91 Å². The molecule has 2 aromatic carbocycles. The Kier molecular flexibility index (Phi) is 5.01. The number of imide groups is 1. The van der Waals surface area contributed by atoms with Crippen LogP contribution >= 0.6 is 0 Å². The first-order chi connectivity index (χ1) is 15.6. The Hall–Kier alpha value is -3.88. The van der Waals surface area contributed by atoms with E-state index in [1.54, 1.807) is 19.1 Å². The van der Waals surface area contributed by atoms with Crippen molar-refractivity contribution in [2.45, 2.75) is 25.0 Å². The minimum Gasteiger partial charge on any atom is -0.497 e. The Morgan fingerprint density at radius 1 is 1.03 bits per heavy atom. The van der Waals surface area contributed by atoms with Crippen molar-refractivity contribution in [3.05, 3.63) is 60.2 Å². The molecule has 0 bridgehead atoms. The van der Waals surface area contributed by atoms with Crippen molar-refractivity contribution in [2.75, 3.05) is 25.6 Å². The molecule has 164 valence electrons. The number of urea groups is 1. The molecule has 2 atom stereocenters. The fourth-order valence-electron chi connectivity index (χ4n) is 4.47. The minimum absolute atomic E-state index is 0.316. The fourth-order valence-corrected chi connectivity index (χ4v) is 4.47. The van der Waals surface area contributed by atoms with Gasteiger partial charge in [-0.15, -0.1) is 10.2 Å². The SMILES string of the molecule is COc1ccc(-c2nnc3n2C2C(C(=O)NC(=O)N2C)N3CCCc2ccccc2)cc1. The molecular formula is C23H24N6O3. The van der Waals surface area contributed by atoms with Gasteiger partial charge in [-0.05, 0) is 42.7 Å². The number of nitrogens with one attached hydrogen (secondary N) is 1. The predicted molar refractivity (Wildman–Crippen MR) is 118 cm³/mol. The molecule has 1 aromatic heterocycles. The Bertz CT molecular complexity index is 1140. The molecule has 1 saturated heterocycles. The van der Waals surface area contributed by atoms with E-state index in [0.717, 1.165) is 24.2 Å². The molecule has 0 spiro atoms. The number of rotatable bonds is 6. The quantitative estimate of drug-likeness (QED) is 0.643. The van der Waals surface area contributed by atoms with E-state index < -0.39 is 18.2 Å². The Morgan fingerprint density at radius 2 is 1.78 bits per heavy atom. The third-order valence-corrected chi connectivity index (χ3v) is 6.09. The lowest BCUT2D eigenvalue weighted by molar-refractivity contribution is -0.124. The van der Waals surface area contributed by atoms with E-state index in [-0.39, 0.29) is 5.91 Å². The summed E-state index contributed by atoms with van der Waals surface area (Å²) >= 11 is 0. The molecule has 9 nitrogen and oxygen atoms in total. The van der Waals surface area contributed by atoms with E-state index in [9.17, 15) is 9.59 Å². The van der Waals surface area contributed by atoms with Gasteiger partial charge in [-0.3, -0.25) is 14.7 Å². The van der Waals surface area contributed by atoms with Crippen LogP contribution in [-0.2, 0) is 11.2 Å². The van der Waals surface area contributed by atoms with Crippen LogP contribution in [0.5, 0.6) is 5.75 Å².